The van der Waals surface area contributed by atoms with Crippen molar-refractivity contribution in [3.05, 3.63) is 0 Å². The Morgan fingerprint density at radius 3 is 2.06 bits per heavy atom. The summed E-state index contributed by atoms with van der Waals surface area (Å²) in [5.41, 5.74) is 0. The zero-order chi connectivity index (χ0) is 13.4. The van der Waals surface area contributed by atoms with Crippen LogP contribution in [0.2, 0.25) is 0 Å². The van der Waals surface area contributed by atoms with Crippen LogP contribution in [0.5, 0.6) is 0 Å². The van der Waals surface area contributed by atoms with Gasteiger partial charge in [-0.05, 0) is 19.8 Å². The minimum absolute atomic E-state index is 0.113. The van der Waals surface area contributed by atoms with Gasteiger partial charge < -0.3 is 14.8 Å². The van der Waals surface area contributed by atoms with Crippen LogP contribution < -0.4 is 5.32 Å². The number of carbonyl (C=O) groups excluding carboxylic acids is 1. The molecule has 0 aromatic carbocycles. The van der Waals surface area contributed by atoms with Crippen molar-refractivity contribution in [2.24, 2.45) is 5.92 Å². The molecule has 0 aromatic rings. The molecule has 1 aliphatic carbocycles. The van der Waals surface area contributed by atoms with Crippen molar-refractivity contribution >= 4 is 5.91 Å². The quantitative estimate of drug-likeness (QED) is 0.770. The summed E-state index contributed by atoms with van der Waals surface area (Å²) >= 11 is 0. The molecule has 0 radical (unpaired) electrons. The molecule has 1 aliphatic rings. The molecule has 18 heavy (non-hydrogen) atoms. The van der Waals surface area contributed by atoms with Gasteiger partial charge in [-0.1, -0.05) is 32.1 Å². The summed E-state index contributed by atoms with van der Waals surface area (Å²) in [6.45, 7) is 1.92. The molecule has 0 spiro atoms. The van der Waals surface area contributed by atoms with E-state index in [4.69, 9.17) is 9.47 Å². The summed E-state index contributed by atoms with van der Waals surface area (Å²) in [7, 11) is 3.18. The normalized spacial score (nSPS) is 20.2. The molecule has 1 fully saturated rings. The average molecular weight is 257 g/mol. The van der Waals surface area contributed by atoms with E-state index >= 15 is 0 Å². The van der Waals surface area contributed by atoms with E-state index in [0.29, 0.717) is 0 Å². The lowest BCUT2D eigenvalue weighted by atomic mass is 9.90. The zero-order valence-electron chi connectivity index (χ0n) is 11.9. The Hall–Kier alpha value is -0.610. The van der Waals surface area contributed by atoms with E-state index in [-0.39, 0.29) is 24.2 Å². The number of ether oxygens (including phenoxy) is 2. The highest BCUT2D eigenvalue weighted by Crippen LogP contribution is 2.22. The van der Waals surface area contributed by atoms with Crippen molar-refractivity contribution in [2.45, 2.75) is 64.2 Å². The molecule has 1 unspecified atom stereocenters. The van der Waals surface area contributed by atoms with Gasteiger partial charge >= 0.3 is 0 Å². The molecular formula is C14H27NO3. The van der Waals surface area contributed by atoms with Crippen molar-refractivity contribution in [1.82, 2.24) is 5.32 Å². The van der Waals surface area contributed by atoms with Crippen molar-refractivity contribution in [1.29, 1.82) is 0 Å². The molecule has 0 bridgehead atoms. The average Bonchev–Trinajstić information content (AvgIpc) is 2.29. The number of amides is 1. The van der Waals surface area contributed by atoms with Gasteiger partial charge in [0.1, 0.15) is 0 Å². The molecule has 0 aliphatic heterocycles. The first-order valence-corrected chi connectivity index (χ1v) is 7.05. The van der Waals surface area contributed by atoms with E-state index in [1.165, 1.54) is 32.1 Å². The summed E-state index contributed by atoms with van der Waals surface area (Å²) in [4.78, 5) is 12.2. The van der Waals surface area contributed by atoms with Crippen LogP contribution in [0.25, 0.3) is 0 Å². The van der Waals surface area contributed by atoms with Gasteiger partial charge in [0.05, 0.1) is 6.04 Å². The van der Waals surface area contributed by atoms with Gasteiger partial charge in [0.25, 0.3) is 0 Å². The zero-order valence-corrected chi connectivity index (χ0v) is 11.9. The van der Waals surface area contributed by atoms with Gasteiger partial charge in [0, 0.05) is 20.1 Å². The summed E-state index contributed by atoms with van der Waals surface area (Å²) in [6.07, 6.45) is 7.85. The second-order valence-electron chi connectivity index (χ2n) is 5.18. The molecule has 0 heterocycles. The van der Waals surface area contributed by atoms with E-state index in [0.717, 1.165) is 12.8 Å². The monoisotopic (exact) mass is 257 g/mol. The molecule has 1 atom stereocenters. The van der Waals surface area contributed by atoms with Crippen LogP contribution in [0.1, 0.15) is 51.9 Å². The topological polar surface area (TPSA) is 47.6 Å². The molecule has 0 saturated heterocycles. The maximum absolute atomic E-state index is 12.2. The third-order valence-electron chi connectivity index (χ3n) is 3.72. The molecule has 1 amide bonds. The van der Waals surface area contributed by atoms with E-state index in [2.05, 4.69) is 5.32 Å². The Morgan fingerprint density at radius 2 is 1.56 bits per heavy atom. The summed E-state index contributed by atoms with van der Waals surface area (Å²) in [5, 5.41) is 3.01. The van der Waals surface area contributed by atoms with E-state index in [1.54, 1.807) is 14.2 Å². The van der Waals surface area contributed by atoms with E-state index in [9.17, 15) is 4.79 Å². The van der Waals surface area contributed by atoms with Crippen LogP contribution in [-0.4, -0.2) is 32.5 Å². The minimum atomic E-state index is -0.373. The Labute approximate surface area is 110 Å². The SMILES string of the molecule is COC(OC)C(C)NC(=O)C1CCCCCCC1. The lowest BCUT2D eigenvalue weighted by Crippen LogP contribution is -2.45. The van der Waals surface area contributed by atoms with Gasteiger partial charge in [-0.2, -0.15) is 0 Å². The molecule has 4 heteroatoms. The third kappa shape index (κ3) is 4.94. The first-order valence-electron chi connectivity index (χ1n) is 7.05. The highest BCUT2D eigenvalue weighted by atomic mass is 16.7. The molecule has 1 saturated carbocycles. The Kier molecular flexibility index (Phi) is 7.28. The van der Waals surface area contributed by atoms with Crippen LogP contribution in [0, 0.1) is 5.92 Å². The molecule has 4 nitrogen and oxygen atoms in total. The first-order chi connectivity index (χ1) is 8.69. The maximum atomic E-state index is 12.2. The number of nitrogens with one attached hydrogen (secondary N) is 1. The third-order valence-corrected chi connectivity index (χ3v) is 3.72. The molecular weight excluding hydrogens is 230 g/mol. The predicted molar refractivity (Wildman–Crippen MR) is 71.2 cm³/mol. The highest BCUT2D eigenvalue weighted by Gasteiger charge is 2.24. The highest BCUT2D eigenvalue weighted by molar-refractivity contribution is 5.78. The standard InChI is InChI=1S/C14H27NO3/c1-11(14(17-2)18-3)15-13(16)12-9-7-5-4-6-8-10-12/h11-12,14H,4-10H2,1-3H3,(H,15,16). The second kappa shape index (κ2) is 8.48. The van der Waals surface area contributed by atoms with Crippen molar-refractivity contribution in [3.63, 3.8) is 0 Å². The summed E-state index contributed by atoms with van der Waals surface area (Å²) in [5.74, 6) is 0.325. The largest absolute Gasteiger partial charge is 0.354 e. The van der Waals surface area contributed by atoms with Crippen LogP contribution in [0.3, 0.4) is 0 Å². The van der Waals surface area contributed by atoms with E-state index in [1.807, 2.05) is 6.92 Å². The minimum Gasteiger partial charge on any atom is -0.354 e. The van der Waals surface area contributed by atoms with Gasteiger partial charge in [-0.15, -0.1) is 0 Å². The van der Waals surface area contributed by atoms with Crippen LogP contribution in [0.15, 0.2) is 0 Å². The Morgan fingerprint density at radius 1 is 1.06 bits per heavy atom. The molecule has 106 valence electrons. The van der Waals surface area contributed by atoms with E-state index < -0.39 is 0 Å². The number of carbonyl (C=O) groups is 1. The number of hydrogen-bond donors (Lipinski definition) is 1. The number of rotatable bonds is 5. The fourth-order valence-corrected chi connectivity index (χ4v) is 2.63. The van der Waals surface area contributed by atoms with Gasteiger partial charge in [0.15, 0.2) is 6.29 Å². The lowest BCUT2D eigenvalue weighted by Gasteiger charge is -2.25. The van der Waals surface area contributed by atoms with Crippen LogP contribution in [0.4, 0.5) is 0 Å². The molecule has 1 rings (SSSR count). The van der Waals surface area contributed by atoms with Crippen molar-refractivity contribution in [3.8, 4) is 0 Å². The maximum Gasteiger partial charge on any atom is 0.223 e. The van der Waals surface area contributed by atoms with Gasteiger partial charge in [-0.3, -0.25) is 4.79 Å². The van der Waals surface area contributed by atoms with Crippen LogP contribution in [-0.2, 0) is 14.3 Å². The number of methoxy groups -OCH3 is 2. The lowest BCUT2D eigenvalue weighted by molar-refractivity contribution is -0.139. The van der Waals surface area contributed by atoms with Crippen LogP contribution >= 0.6 is 0 Å². The first kappa shape index (κ1) is 15.4. The fraction of sp³-hybridized carbons (Fsp3) is 0.929. The molecule has 1 N–H and O–H groups in total. The van der Waals surface area contributed by atoms with Crippen molar-refractivity contribution < 1.29 is 14.3 Å². The number of hydrogen-bond acceptors (Lipinski definition) is 3. The fourth-order valence-electron chi connectivity index (χ4n) is 2.63. The second-order valence-corrected chi connectivity index (χ2v) is 5.18. The van der Waals surface area contributed by atoms with Crippen molar-refractivity contribution in [2.75, 3.05) is 14.2 Å². The smallest absolute Gasteiger partial charge is 0.223 e. The summed E-state index contributed by atoms with van der Waals surface area (Å²) < 4.78 is 10.3. The van der Waals surface area contributed by atoms with Gasteiger partial charge in [-0.25, -0.2) is 0 Å². The molecule has 0 aromatic heterocycles. The summed E-state index contributed by atoms with van der Waals surface area (Å²) in [6, 6.07) is -0.113. The Bertz CT molecular complexity index is 233. The predicted octanol–water partition coefficient (Wildman–Crippen LogP) is 2.47. The van der Waals surface area contributed by atoms with Gasteiger partial charge in [0.2, 0.25) is 5.91 Å². The Balaban J connectivity index is 2.41.